The van der Waals surface area contributed by atoms with Crippen LogP contribution in [-0.4, -0.2) is 17.5 Å². The van der Waals surface area contributed by atoms with E-state index < -0.39 is 0 Å². The van der Waals surface area contributed by atoms with Gasteiger partial charge in [0.25, 0.3) is 0 Å². The first-order chi connectivity index (χ1) is 7.45. The lowest BCUT2D eigenvalue weighted by Gasteiger charge is -2.31. The second kappa shape index (κ2) is 4.18. The Morgan fingerprint density at radius 3 is 3.20 bits per heavy atom. The Balaban J connectivity index is 1.99. The molecule has 1 nitrogen and oxygen atoms in total. The number of benzene rings is 1. The molecule has 3 rings (SSSR count). The average molecular weight is 219 g/mol. The van der Waals surface area contributed by atoms with Crippen molar-refractivity contribution in [3.8, 4) is 0 Å². The Kier molecular flexibility index (Phi) is 2.72. The number of hydrogen-bond donors (Lipinski definition) is 1. The molecule has 1 aromatic carbocycles. The van der Waals surface area contributed by atoms with Gasteiger partial charge in [-0.1, -0.05) is 24.3 Å². The zero-order valence-electron chi connectivity index (χ0n) is 8.91. The minimum atomic E-state index is 0.613. The van der Waals surface area contributed by atoms with Crippen LogP contribution in [0.25, 0.3) is 0 Å². The van der Waals surface area contributed by atoms with Crippen LogP contribution in [0.5, 0.6) is 0 Å². The van der Waals surface area contributed by atoms with Gasteiger partial charge in [0.2, 0.25) is 0 Å². The van der Waals surface area contributed by atoms with Gasteiger partial charge in [0, 0.05) is 23.6 Å². The summed E-state index contributed by atoms with van der Waals surface area (Å²) >= 11 is 2.16. The van der Waals surface area contributed by atoms with Gasteiger partial charge in [0.1, 0.15) is 0 Å². The molecule has 0 bridgehead atoms. The van der Waals surface area contributed by atoms with Gasteiger partial charge < -0.3 is 5.32 Å². The highest BCUT2D eigenvalue weighted by atomic mass is 32.2. The smallest absolute Gasteiger partial charge is 0.0443 e. The van der Waals surface area contributed by atoms with Gasteiger partial charge in [-0.25, -0.2) is 0 Å². The van der Waals surface area contributed by atoms with Crippen LogP contribution in [0.4, 0.5) is 0 Å². The van der Waals surface area contributed by atoms with Crippen molar-refractivity contribution in [1.82, 2.24) is 5.32 Å². The molecule has 2 aliphatic rings. The SMILES string of the molecule is c1ccc2c(c1)CCCC1SCCNC21. The second-order valence-corrected chi connectivity index (χ2v) is 5.78. The molecule has 1 aliphatic heterocycles. The summed E-state index contributed by atoms with van der Waals surface area (Å²) in [6.45, 7) is 1.17. The maximum absolute atomic E-state index is 3.70. The Hall–Kier alpha value is -0.470. The van der Waals surface area contributed by atoms with Crippen molar-refractivity contribution >= 4 is 11.8 Å². The fourth-order valence-corrected chi connectivity index (χ4v) is 4.08. The molecular formula is C13H17NS. The highest BCUT2D eigenvalue weighted by molar-refractivity contribution is 8.00. The van der Waals surface area contributed by atoms with Crippen molar-refractivity contribution in [2.75, 3.05) is 12.3 Å². The molecule has 1 N–H and O–H groups in total. The topological polar surface area (TPSA) is 12.0 Å². The molecule has 2 atom stereocenters. The molecule has 0 saturated carbocycles. The summed E-state index contributed by atoms with van der Waals surface area (Å²) in [5, 5.41) is 4.50. The van der Waals surface area contributed by atoms with E-state index in [1.165, 1.54) is 31.6 Å². The predicted octanol–water partition coefficient (Wildman–Crippen LogP) is 2.77. The number of thioether (sulfide) groups is 1. The number of nitrogens with one attached hydrogen (secondary N) is 1. The number of aryl methyl sites for hydroxylation is 1. The van der Waals surface area contributed by atoms with Crippen molar-refractivity contribution in [3.05, 3.63) is 35.4 Å². The molecule has 2 heteroatoms. The van der Waals surface area contributed by atoms with Gasteiger partial charge >= 0.3 is 0 Å². The molecule has 2 unspecified atom stereocenters. The average Bonchev–Trinajstić information content (AvgIpc) is 2.48. The zero-order valence-corrected chi connectivity index (χ0v) is 9.72. The van der Waals surface area contributed by atoms with Crippen LogP contribution in [-0.2, 0) is 6.42 Å². The van der Waals surface area contributed by atoms with E-state index in [1.807, 2.05) is 0 Å². The lowest BCUT2D eigenvalue weighted by molar-refractivity contribution is 0.503. The standard InChI is InChI=1S/C13H17NS/c1-2-6-11-10(4-1)5-3-7-12-13(11)14-8-9-15-12/h1-2,4,6,12-14H,3,5,7-9H2. The van der Waals surface area contributed by atoms with Crippen molar-refractivity contribution in [2.24, 2.45) is 0 Å². The maximum atomic E-state index is 3.70. The summed E-state index contributed by atoms with van der Waals surface area (Å²) < 4.78 is 0. The lowest BCUT2D eigenvalue weighted by Crippen LogP contribution is -2.36. The summed E-state index contributed by atoms with van der Waals surface area (Å²) in [5.41, 5.74) is 3.13. The van der Waals surface area contributed by atoms with E-state index >= 15 is 0 Å². The zero-order chi connectivity index (χ0) is 10.1. The van der Waals surface area contributed by atoms with Crippen LogP contribution in [0.15, 0.2) is 24.3 Å². The quantitative estimate of drug-likeness (QED) is 0.720. The third-order valence-corrected chi connectivity index (χ3v) is 4.87. The predicted molar refractivity (Wildman–Crippen MR) is 66.4 cm³/mol. The minimum absolute atomic E-state index is 0.613. The Labute approximate surface area is 95.6 Å². The molecule has 15 heavy (non-hydrogen) atoms. The van der Waals surface area contributed by atoms with E-state index in [0.29, 0.717) is 6.04 Å². The van der Waals surface area contributed by atoms with Gasteiger partial charge in [-0.05, 0) is 30.4 Å². The van der Waals surface area contributed by atoms with Crippen molar-refractivity contribution in [3.63, 3.8) is 0 Å². The fraction of sp³-hybridized carbons (Fsp3) is 0.538. The van der Waals surface area contributed by atoms with E-state index in [0.717, 1.165) is 5.25 Å². The van der Waals surface area contributed by atoms with Crippen molar-refractivity contribution in [1.29, 1.82) is 0 Å². The van der Waals surface area contributed by atoms with E-state index in [-0.39, 0.29) is 0 Å². The van der Waals surface area contributed by atoms with Crippen LogP contribution >= 0.6 is 11.8 Å². The number of fused-ring (bicyclic) bond motifs is 3. The first-order valence-electron chi connectivity index (χ1n) is 5.88. The van der Waals surface area contributed by atoms with Crippen LogP contribution in [0.1, 0.15) is 30.0 Å². The van der Waals surface area contributed by atoms with Gasteiger partial charge in [0.15, 0.2) is 0 Å². The van der Waals surface area contributed by atoms with Crippen LogP contribution in [0.3, 0.4) is 0 Å². The van der Waals surface area contributed by atoms with Crippen molar-refractivity contribution in [2.45, 2.75) is 30.6 Å². The molecule has 80 valence electrons. The van der Waals surface area contributed by atoms with Crippen LogP contribution in [0, 0.1) is 0 Å². The van der Waals surface area contributed by atoms with Gasteiger partial charge in [-0.2, -0.15) is 11.8 Å². The van der Waals surface area contributed by atoms with Gasteiger partial charge in [0.05, 0.1) is 0 Å². The summed E-state index contributed by atoms with van der Waals surface area (Å²) in [5.74, 6) is 1.28. The number of hydrogen-bond acceptors (Lipinski definition) is 2. The maximum Gasteiger partial charge on any atom is 0.0443 e. The van der Waals surface area contributed by atoms with E-state index in [4.69, 9.17) is 0 Å². The molecule has 0 radical (unpaired) electrons. The highest BCUT2D eigenvalue weighted by Gasteiger charge is 2.29. The van der Waals surface area contributed by atoms with Crippen LogP contribution < -0.4 is 5.32 Å². The monoisotopic (exact) mass is 219 g/mol. The Morgan fingerprint density at radius 1 is 1.27 bits per heavy atom. The summed E-state index contributed by atoms with van der Waals surface area (Å²) in [6, 6.07) is 9.59. The molecule has 0 amide bonds. The molecule has 1 fully saturated rings. The largest absolute Gasteiger partial charge is 0.308 e. The number of rotatable bonds is 0. The van der Waals surface area contributed by atoms with Gasteiger partial charge in [-0.3, -0.25) is 0 Å². The summed E-state index contributed by atoms with van der Waals surface area (Å²) in [7, 11) is 0. The van der Waals surface area contributed by atoms with E-state index in [9.17, 15) is 0 Å². The van der Waals surface area contributed by atoms with Crippen LogP contribution in [0.2, 0.25) is 0 Å². The van der Waals surface area contributed by atoms with E-state index in [2.05, 4.69) is 41.3 Å². The summed E-state index contributed by atoms with van der Waals surface area (Å²) in [4.78, 5) is 0. The third-order valence-electron chi connectivity index (χ3n) is 3.49. The second-order valence-electron chi connectivity index (χ2n) is 4.43. The molecule has 1 heterocycles. The minimum Gasteiger partial charge on any atom is -0.308 e. The normalized spacial score (nSPS) is 30.1. The fourth-order valence-electron chi connectivity index (χ4n) is 2.77. The molecule has 0 aromatic heterocycles. The third kappa shape index (κ3) is 1.81. The first kappa shape index (κ1) is 9.73. The molecule has 0 spiro atoms. The van der Waals surface area contributed by atoms with Crippen molar-refractivity contribution < 1.29 is 0 Å². The van der Waals surface area contributed by atoms with Gasteiger partial charge in [-0.15, -0.1) is 0 Å². The molecule has 1 aromatic rings. The lowest BCUT2D eigenvalue weighted by atomic mass is 9.99. The first-order valence-corrected chi connectivity index (χ1v) is 6.93. The molecule has 1 aliphatic carbocycles. The Bertz CT molecular complexity index is 350. The summed E-state index contributed by atoms with van der Waals surface area (Å²) in [6.07, 6.45) is 4.00. The molecule has 1 saturated heterocycles. The van der Waals surface area contributed by atoms with E-state index in [1.54, 1.807) is 11.1 Å². The highest BCUT2D eigenvalue weighted by Crippen LogP contribution is 2.37. The Morgan fingerprint density at radius 2 is 2.20 bits per heavy atom. The molecular weight excluding hydrogens is 202 g/mol.